The lowest BCUT2D eigenvalue weighted by molar-refractivity contribution is 0.112. The van der Waals surface area contributed by atoms with Gasteiger partial charge in [0.25, 0.3) is 0 Å². The molecule has 1 aromatic carbocycles. The summed E-state index contributed by atoms with van der Waals surface area (Å²) in [5, 5.41) is 5.42. The number of fused-ring (bicyclic) bond motifs is 1. The first-order chi connectivity index (χ1) is 8.79. The molecule has 0 fully saturated rings. The van der Waals surface area contributed by atoms with Crippen LogP contribution in [0.15, 0.2) is 42.7 Å². The van der Waals surface area contributed by atoms with Crippen LogP contribution in [0.3, 0.4) is 0 Å². The van der Waals surface area contributed by atoms with Gasteiger partial charge in [-0.2, -0.15) is 5.10 Å². The number of pyridine rings is 1. The maximum absolute atomic E-state index is 10.7. The van der Waals surface area contributed by atoms with Crippen LogP contribution in [0.5, 0.6) is 0 Å². The van der Waals surface area contributed by atoms with E-state index in [0.29, 0.717) is 5.56 Å². The van der Waals surface area contributed by atoms with Gasteiger partial charge in [0, 0.05) is 17.1 Å². The molecular formula is C14H11N3O. The lowest BCUT2D eigenvalue weighted by atomic mass is 10.2. The maximum Gasteiger partial charge on any atom is 0.156 e. The van der Waals surface area contributed by atoms with Gasteiger partial charge in [0.2, 0.25) is 0 Å². The minimum atomic E-state index is 0.577. The molecule has 0 saturated heterocycles. The van der Waals surface area contributed by atoms with Crippen LogP contribution in [0.2, 0.25) is 0 Å². The Bertz CT molecular complexity index is 731. The van der Waals surface area contributed by atoms with E-state index in [1.165, 1.54) is 0 Å². The lowest BCUT2D eigenvalue weighted by Crippen LogP contribution is -2.02. The van der Waals surface area contributed by atoms with Gasteiger partial charge in [-0.15, -0.1) is 0 Å². The summed E-state index contributed by atoms with van der Waals surface area (Å²) in [5.41, 5.74) is 2.51. The van der Waals surface area contributed by atoms with E-state index in [1.807, 2.05) is 43.5 Å². The first kappa shape index (κ1) is 10.7. The fourth-order valence-electron chi connectivity index (χ4n) is 2.02. The van der Waals surface area contributed by atoms with Gasteiger partial charge in [-0.25, -0.2) is 9.67 Å². The van der Waals surface area contributed by atoms with Crippen molar-refractivity contribution < 1.29 is 4.79 Å². The molecule has 0 amide bonds. The number of hydrogen-bond acceptors (Lipinski definition) is 3. The average molecular weight is 237 g/mol. The van der Waals surface area contributed by atoms with Crippen molar-refractivity contribution in [1.29, 1.82) is 0 Å². The Kier molecular flexibility index (Phi) is 2.41. The first-order valence-electron chi connectivity index (χ1n) is 5.64. The van der Waals surface area contributed by atoms with Gasteiger partial charge in [0.1, 0.15) is 0 Å². The van der Waals surface area contributed by atoms with Gasteiger partial charge in [-0.3, -0.25) is 4.79 Å². The summed E-state index contributed by atoms with van der Waals surface area (Å²) in [6.45, 7) is 1.92. The molecule has 2 aromatic heterocycles. The monoisotopic (exact) mass is 237 g/mol. The van der Waals surface area contributed by atoms with Crippen molar-refractivity contribution in [2.45, 2.75) is 6.92 Å². The van der Waals surface area contributed by atoms with Crippen molar-refractivity contribution >= 4 is 17.2 Å². The van der Waals surface area contributed by atoms with E-state index < -0.39 is 0 Å². The maximum atomic E-state index is 10.7. The third-order valence-corrected chi connectivity index (χ3v) is 2.89. The van der Waals surface area contributed by atoms with Crippen LogP contribution in [0.1, 0.15) is 15.9 Å². The van der Waals surface area contributed by atoms with Crippen molar-refractivity contribution in [1.82, 2.24) is 14.8 Å². The zero-order chi connectivity index (χ0) is 12.5. The van der Waals surface area contributed by atoms with Crippen LogP contribution in [0, 0.1) is 6.92 Å². The normalized spacial score (nSPS) is 10.7. The summed E-state index contributed by atoms with van der Waals surface area (Å²) in [7, 11) is 0. The van der Waals surface area contributed by atoms with Gasteiger partial charge in [-0.05, 0) is 24.6 Å². The van der Waals surface area contributed by atoms with E-state index in [-0.39, 0.29) is 0 Å². The number of aryl methyl sites for hydroxylation is 1. The average Bonchev–Trinajstić information content (AvgIpc) is 2.82. The second-order valence-electron chi connectivity index (χ2n) is 4.14. The van der Waals surface area contributed by atoms with E-state index in [1.54, 1.807) is 10.9 Å². The summed E-state index contributed by atoms with van der Waals surface area (Å²) >= 11 is 0. The molecule has 0 unspecified atom stereocenters. The smallest absolute Gasteiger partial charge is 0.156 e. The van der Waals surface area contributed by atoms with Crippen molar-refractivity contribution in [2.24, 2.45) is 0 Å². The highest BCUT2D eigenvalue weighted by molar-refractivity contribution is 5.80. The number of benzene rings is 1. The summed E-state index contributed by atoms with van der Waals surface area (Å²) in [6.07, 6.45) is 4.17. The fraction of sp³-hybridized carbons (Fsp3) is 0.0714. The number of para-hydroxylation sites is 1. The quantitative estimate of drug-likeness (QED) is 0.643. The van der Waals surface area contributed by atoms with Crippen LogP contribution in [0.25, 0.3) is 16.7 Å². The van der Waals surface area contributed by atoms with Gasteiger partial charge in [0.15, 0.2) is 12.1 Å². The summed E-state index contributed by atoms with van der Waals surface area (Å²) < 4.78 is 1.79. The Labute approximate surface area is 104 Å². The van der Waals surface area contributed by atoms with E-state index in [4.69, 9.17) is 0 Å². The molecule has 0 saturated carbocycles. The van der Waals surface area contributed by atoms with E-state index in [9.17, 15) is 4.79 Å². The highest BCUT2D eigenvalue weighted by Crippen LogP contribution is 2.19. The molecule has 3 aromatic rings. The predicted molar refractivity (Wildman–Crippen MR) is 69.0 cm³/mol. The molecule has 0 aliphatic rings. The Morgan fingerprint density at radius 2 is 2.06 bits per heavy atom. The number of aromatic nitrogens is 3. The number of nitrogens with zero attached hydrogens (tertiary/aromatic N) is 3. The topological polar surface area (TPSA) is 47.8 Å². The van der Waals surface area contributed by atoms with E-state index >= 15 is 0 Å². The standard InChI is InChI=1S/C14H11N3O/c1-10-6-11(9-18)7-15-14(10)17-13-5-3-2-4-12(13)8-16-17/h2-9H,1H3. The molecule has 0 radical (unpaired) electrons. The lowest BCUT2D eigenvalue weighted by Gasteiger charge is -2.06. The van der Waals surface area contributed by atoms with Crippen LogP contribution in [0.4, 0.5) is 0 Å². The third-order valence-electron chi connectivity index (χ3n) is 2.89. The molecule has 88 valence electrons. The van der Waals surface area contributed by atoms with Crippen molar-refractivity contribution in [3.63, 3.8) is 0 Å². The molecule has 18 heavy (non-hydrogen) atoms. The largest absolute Gasteiger partial charge is 0.298 e. The summed E-state index contributed by atoms with van der Waals surface area (Å²) in [4.78, 5) is 15.0. The second kappa shape index (κ2) is 4.07. The fourth-order valence-corrected chi connectivity index (χ4v) is 2.02. The summed E-state index contributed by atoms with van der Waals surface area (Å²) in [6, 6.07) is 9.76. The van der Waals surface area contributed by atoms with Gasteiger partial charge in [0.05, 0.1) is 11.7 Å². The Morgan fingerprint density at radius 3 is 2.83 bits per heavy atom. The van der Waals surface area contributed by atoms with Crippen LogP contribution in [-0.2, 0) is 0 Å². The number of carbonyl (C=O) groups is 1. The predicted octanol–water partition coefficient (Wildman–Crippen LogP) is 2.54. The molecule has 4 heteroatoms. The Balaban J connectivity index is 2.23. The van der Waals surface area contributed by atoms with E-state index in [0.717, 1.165) is 28.6 Å². The van der Waals surface area contributed by atoms with Gasteiger partial charge in [-0.1, -0.05) is 18.2 Å². The molecule has 2 heterocycles. The third kappa shape index (κ3) is 1.59. The number of rotatable bonds is 2. The van der Waals surface area contributed by atoms with E-state index in [2.05, 4.69) is 10.1 Å². The van der Waals surface area contributed by atoms with Gasteiger partial charge < -0.3 is 0 Å². The SMILES string of the molecule is Cc1cc(C=O)cnc1-n1ncc2ccccc21. The molecule has 0 aliphatic heterocycles. The number of aldehydes is 1. The molecule has 4 nitrogen and oxygen atoms in total. The minimum absolute atomic E-state index is 0.577. The van der Waals surface area contributed by atoms with Crippen molar-refractivity contribution in [3.05, 3.63) is 53.9 Å². The van der Waals surface area contributed by atoms with Crippen LogP contribution in [-0.4, -0.2) is 21.1 Å². The zero-order valence-corrected chi connectivity index (χ0v) is 9.87. The molecule has 0 bridgehead atoms. The molecule has 0 atom stereocenters. The molecule has 0 spiro atoms. The Morgan fingerprint density at radius 1 is 1.22 bits per heavy atom. The van der Waals surface area contributed by atoms with Gasteiger partial charge >= 0.3 is 0 Å². The van der Waals surface area contributed by atoms with Crippen molar-refractivity contribution in [3.8, 4) is 5.82 Å². The first-order valence-corrected chi connectivity index (χ1v) is 5.64. The van der Waals surface area contributed by atoms with Crippen LogP contribution < -0.4 is 0 Å². The minimum Gasteiger partial charge on any atom is -0.298 e. The summed E-state index contributed by atoms with van der Waals surface area (Å²) in [5.74, 6) is 0.752. The molecular weight excluding hydrogens is 226 g/mol. The Hall–Kier alpha value is -2.49. The number of hydrogen-bond donors (Lipinski definition) is 0. The molecule has 0 aliphatic carbocycles. The highest BCUT2D eigenvalue weighted by atomic mass is 16.1. The highest BCUT2D eigenvalue weighted by Gasteiger charge is 2.08. The zero-order valence-electron chi connectivity index (χ0n) is 9.87. The van der Waals surface area contributed by atoms with Crippen molar-refractivity contribution in [2.75, 3.05) is 0 Å². The van der Waals surface area contributed by atoms with Crippen LogP contribution >= 0.6 is 0 Å². The molecule has 3 rings (SSSR count). The number of carbonyl (C=O) groups excluding carboxylic acids is 1. The molecule has 0 N–H and O–H groups in total. The second-order valence-corrected chi connectivity index (χ2v) is 4.14.